The summed E-state index contributed by atoms with van der Waals surface area (Å²) in [5.41, 5.74) is 2.98. The summed E-state index contributed by atoms with van der Waals surface area (Å²) in [5.74, 6) is 0.274. The largest absolute Gasteiger partial charge is 0.350 e. The number of aromatic nitrogens is 2. The van der Waals surface area contributed by atoms with E-state index < -0.39 is 0 Å². The fourth-order valence-electron chi connectivity index (χ4n) is 3.78. The van der Waals surface area contributed by atoms with Crippen molar-refractivity contribution in [3.63, 3.8) is 0 Å². The van der Waals surface area contributed by atoms with Crippen molar-refractivity contribution in [2.45, 2.75) is 19.5 Å². The molecule has 2 heterocycles. The van der Waals surface area contributed by atoms with Gasteiger partial charge in [-0.05, 0) is 42.0 Å². The van der Waals surface area contributed by atoms with E-state index in [0.29, 0.717) is 52.9 Å². The Morgan fingerprint density at radius 2 is 1.85 bits per heavy atom. The number of amides is 1. The zero-order valence-electron chi connectivity index (χ0n) is 18.8. The number of nitriles is 1. The van der Waals surface area contributed by atoms with E-state index in [1.807, 2.05) is 30.3 Å². The second-order valence-electron chi connectivity index (χ2n) is 7.97. The molecule has 1 aromatic heterocycles. The molecule has 0 fully saturated rings. The predicted octanol–water partition coefficient (Wildman–Crippen LogP) is 3.20. The lowest BCUT2D eigenvalue weighted by atomic mass is 10.0. The van der Waals surface area contributed by atoms with Crippen LogP contribution in [-0.2, 0) is 19.5 Å². The Morgan fingerprint density at radius 1 is 1.18 bits per heavy atom. The van der Waals surface area contributed by atoms with Gasteiger partial charge in [-0.15, -0.1) is 12.4 Å². The molecule has 2 aromatic carbocycles. The molecule has 0 aliphatic carbocycles. The molecule has 1 aliphatic rings. The van der Waals surface area contributed by atoms with Crippen LogP contribution in [0.15, 0.2) is 53.3 Å². The van der Waals surface area contributed by atoms with Crippen LogP contribution >= 0.6 is 24.0 Å². The second kappa shape index (κ2) is 10.6. The summed E-state index contributed by atoms with van der Waals surface area (Å²) in [6.45, 7) is 1.13. The third kappa shape index (κ3) is 5.16. The maximum atomic E-state index is 13.4. The highest BCUT2D eigenvalue weighted by Gasteiger charge is 2.27. The summed E-state index contributed by atoms with van der Waals surface area (Å²) in [5, 5.41) is 14.5. The molecule has 0 spiro atoms. The van der Waals surface area contributed by atoms with Crippen LogP contribution < -0.4 is 15.9 Å². The van der Waals surface area contributed by atoms with Crippen LogP contribution in [0.1, 0.15) is 32.7 Å². The van der Waals surface area contributed by atoms with E-state index in [1.165, 1.54) is 4.68 Å². The van der Waals surface area contributed by atoms with Crippen molar-refractivity contribution >= 4 is 35.9 Å². The Bertz CT molecular complexity index is 1280. The van der Waals surface area contributed by atoms with Crippen molar-refractivity contribution < 1.29 is 4.79 Å². The number of hydrogen-bond acceptors (Lipinski definition) is 6. The van der Waals surface area contributed by atoms with Gasteiger partial charge in [0.05, 0.1) is 29.4 Å². The highest BCUT2D eigenvalue weighted by atomic mass is 35.5. The molecule has 8 nitrogen and oxygen atoms in total. The summed E-state index contributed by atoms with van der Waals surface area (Å²) in [6, 6.07) is 16.0. The highest BCUT2D eigenvalue weighted by Crippen LogP contribution is 2.19. The molecule has 0 saturated carbocycles. The Balaban J connectivity index is 0.00000324. The van der Waals surface area contributed by atoms with E-state index in [0.717, 1.165) is 5.56 Å². The third-order valence-corrected chi connectivity index (χ3v) is 5.77. The fraction of sp³-hybridized carbons (Fsp3) is 0.250. The van der Waals surface area contributed by atoms with Crippen LogP contribution in [0.5, 0.6) is 0 Å². The van der Waals surface area contributed by atoms with Gasteiger partial charge in [0.25, 0.3) is 11.5 Å². The minimum Gasteiger partial charge on any atom is -0.350 e. The maximum absolute atomic E-state index is 13.4. The van der Waals surface area contributed by atoms with Crippen molar-refractivity contribution in [1.29, 1.82) is 5.26 Å². The zero-order chi connectivity index (χ0) is 23.5. The first-order valence-electron chi connectivity index (χ1n) is 10.5. The molecular formula is C24H24Cl2N6O2. The monoisotopic (exact) mass is 498 g/mol. The molecule has 1 N–H and O–H groups in total. The van der Waals surface area contributed by atoms with Crippen LogP contribution in [0.25, 0.3) is 0 Å². The maximum Gasteiger partial charge on any atom is 0.278 e. The number of benzene rings is 2. The normalized spacial score (nSPS) is 12.2. The van der Waals surface area contributed by atoms with Crippen LogP contribution in [0.4, 0.5) is 5.95 Å². The van der Waals surface area contributed by atoms with Gasteiger partial charge in [0.2, 0.25) is 5.95 Å². The number of hydrogen-bond donors (Lipinski definition) is 1. The van der Waals surface area contributed by atoms with Gasteiger partial charge in [-0.1, -0.05) is 23.7 Å². The van der Waals surface area contributed by atoms with Crippen molar-refractivity contribution in [3.05, 3.63) is 91.9 Å². The van der Waals surface area contributed by atoms with Crippen LogP contribution in [-0.4, -0.2) is 41.1 Å². The third-order valence-electron chi connectivity index (χ3n) is 5.52. The molecule has 1 amide bonds. The summed E-state index contributed by atoms with van der Waals surface area (Å²) < 4.78 is 1.48. The molecule has 3 aromatic rings. The molecule has 176 valence electrons. The van der Waals surface area contributed by atoms with Gasteiger partial charge in [0, 0.05) is 44.2 Å². The molecule has 0 atom stereocenters. The van der Waals surface area contributed by atoms with Gasteiger partial charge in [-0.25, -0.2) is 4.98 Å². The lowest BCUT2D eigenvalue weighted by Crippen LogP contribution is -2.45. The van der Waals surface area contributed by atoms with Gasteiger partial charge in [0.1, 0.15) is 0 Å². The molecule has 10 heteroatoms. The van der Waals surface area contributed by atoms with E-state index in [9.17, 15) is 9.59 Å². The van der Waals surface area contributed by atoms with Crippen molar-refractivity contribution in [3.8, 4) is 6.07 Å². The Hall–Kier alpha value is -3.54. The molecule has 0 bridgehead atoms. The Morgan fingerprint density at radius 3 is 2.47 bits per heavy atom. The van der Waals surface area contributed by atoms with E-state index in [4.69, 9.17) is 21.8 Å². The minimum absolute atomic E-state index is 0. The Labute approximate surface area is 208 Å². The number of carbonyl (C=O) groups is 1. The standard InChI is InChI=1S/C24H23ClN6O2.ClH/c1-29(2)31-23(33)20-15-30(22(32)18-7-3-16(13-26)4-8-18)12-11-21(20)28-24(31)27-14-17-5-9-19(25)10-6-17;/h3-10H,11-12,14-15H2,1-2H3,(H,27,28);1H. The molecule has 0 saturated heterocycles. The number of halogens is 2. The number of anilines is 1. The number of fused-ring (bicyclic) bond motifs is 1. The van der Waals surface area contributed by atoms with Gasteiger partial charge in [0.15, 0.2) is 0 Å². The van der Waals surface area contributed by atoms with Gasteiger partial charge in [-0.3, -0.25) is 9.59 Å². The van der Waals surface area contributed by atoms with Crippen LogP contribution in [0, 0.1) is 11.3 Å². The zero-order valence-corrected chi connectivity index (χ0v) is 20.4. The fourth-order valence-corrected chi connectivity index (χ4v) is 3.90. The lowest BCUT2D eigenvalue weighted by molar-refractivity contribution is 0.0732. The Kier molecular flexibility index (Phi) is 7.82. The smallest absolute Gasteiger partial charge is 0.278 e. The topological polar surface area (TPSA) is 94.3 Å². The number of rotatable bonds is 5. The minimum atomic E-state index is -0.207. The van der Waals surface area contributed by atoms with Crippen LogP contribution in [0.3, 0.4) is 0 Å². The van der Waals surface area contributed by atoms with Crippen molar-refractivity contribution in [2.24, 2.45) is 0 Å². The molecule has 0 radical (unpaired) electrons. The lowest BCUT2D eigenvalue weighted by Gasteiger charge is -2.30. The molecule has 4 rings (SSSR count). The number of nitrogens with one attached hydrogen (secondary N) is 1. The van der Waals surface area contributed by atoms with Gasteiger partial charge in [-0.2, -0.15) is 9.94 Å². The quantitative estimate of drug-likeness (QED) is 0.580. The molecule has 0 unspecified atom stereocenters. The summed E-state index contributed by atoms with van der Waals surface area (Å²) in [7, 11) is 3.54. The van der Waals surface area contributed by atoms with E-state index in [2.05, 4.69) is 5.32 Å². The number of nitrogens with zero attached hydrogens (tertiary/aromatic N) is 5. The van der Waals surface area contributed by atoms with Crippen LogP contribution in [0.2, 0.25) is 5.02 Å². The first-order valence-corrected chi connectivity index (χ1v) is 10.9. The summed E-state index contributed by atoms with van der Waals surface area (Å²) in [4.78, 5) is 32.7. The summed E-state index contributed by atoms with van der Waals surface area (Å²) in [6.07, 6.45) is 0.483. The molecular weight excluding hydrogens is 475 g/mol. The summed E-state index contributed by atoms with van der Waals surface area (Å²) >= 11 is 5.96. The van der Waals surface area contributed by atoms with E-state index >= 15 is 0 Å². The average Bonchev–Trinajstić information content (AvgIpc) is 2.83. The van der Waals surface area contributed by atoms with E-state index in [1.54, 1.807) is 48.3 Å². The average molecular weight is 499 g/mol. The predicted molar refractivity (Wildman–Crippen MR) is 134 cm³/mol. The first kappa shape index (κ1) is 25.1. The first-order chi connectivity index (χ1) is 15.9. The van der Waals surface area contributed by atoms with Crippen molar-refractivity contribution in [1.82, 2.24) is 14.6 Å². The van der Waals surface area contributed by atoms with Gasteiger partial charge < -0.3 is 15.2 Å². The van der Waals surface area contributed by atoms with Gasteiger partial charge >= 0.3 is 0 Å². The number of carbonyl (C=O) groups excluding carboxylic acids is 1. The second-order valence-corrected chi connectivity index (χ2v) is 8.41. The van der Waals surface area contributed by atoms with Crippen molar-refractivity contribution in [2.75, 3.05) is 31.0 Å². The SMILES string of the molecule is CN(C)n1c(NCc2ccc(Cl)cc2)nc2c(c1=O)CN(C(=O)c1ccc(C#N)cc1)CC2.Cl. The van der Waals surface area contributed by atoms with E-state index in [-0.39, 0.29) is 30.4 Å². The molecule has 1 aliphatic heterocycles. The molecule has 34 heavy (non-hydrogen) atoms. The highest BCUT2D eigenvalue weighted by molar-refractivity contribution is 6.30.